The molecule has 1 fully saturated rings. The van der Waals surface area contributed by atoms with Crippen molar-refractivity contribution in [2.75, 3.05) is 13.2 Å². The summed E-state index contributed by atoms with van der Waals surface area (Å²) in [5.74, 6) is 0. The molecule has 0 radical (unpaired) electrons. The van der Waals surface area contributed by atoms with E-state index in [-0.39, 0.29) is 5.41 Å². The lowest BCUT2D eigenvalue weighted by atomic mass is 9.74. The van der Waals surface area contributed by atoms with Crippen LogP contribution in [0, 0.1) is 5.41 Å². The number of halogens is 1. The fourth-order valence-corrected chi connectivity index (χ4v) is 4.52. The Morgan fingerprint density at radius 2 is 2.17 bits per heavy atom. The second kappa shape index (κ2) is 6.51. The van der Waals surface area contributed by atoms with E-state index >= 15 is 0 Å². The summed E-state index contributed by atoms with van der Waals surface area (Å²) in [6.07, 6.45) is 6.18. The zero-order valence-corrected chi connectivity index (χ0v) is 13.3. The molecule has 4 heteroatoms. The Balaban J connectivity index is 1.92. The second-order valence-corrected chi connectivity index (χ2v) is 7.26. The Labute approximate surface area is 122 Å². The zero-order valence-electron chi connectivity index (χ0n) is 10.9. The molecule has 0 aromatic carbocycles. The van der Waals surface area contributed by atoms with Crippen molar-refractivity contribution in [2.45, 2.75) is 45.1 Å². The molecule has 0 bridgehead atoms. The molecule has 1 aromatic rings. The van der Waals surface area contributed by atoms with Crippen molar-refractivity contribution < 1.29 is 5.11 Å². The summed E-state index contributed by atoms with van der Waals surface area (Å²) in [5, 5.41) is 15.4. The molecule has 1 aliphatic rings. The van der Waals surface area contributed by atoms with Crippen LogP contribution in [0.15, 0.2) is 15.9 Å². The lowest BCUT2D eigenvalue weighted by molar-refractivity contribution is 0.0790. The van der Waals surface area contributed by atoms with Crippen molar-refractivity contribution in [3.63, 3.8) is 0 Å². The Morgan fingerprint density at radius 1 is 1.44 bits per heavy atom. The monoisotopic (exact) mass is 331 g/mol. The van der Waals surface area contributed by atoms with Crippen LogP contribution in [0.3, 0.4) is 0 Å². The minimum atomic E-state index is 0.121. The molecule has 1 aliphatic carbocycles. The van der Waals surface area contributed by atoms with Crippen LogP contribution in [0.5, 0.6) is 0 Å². The van der Waals surface area contributed by atoms with Crippen molar-refractivity contribution >= 4 is 27.3 Å². The first kappa shape index (κ1) is 14.5. The SMILES string of the molecule is CC(NCC1(CO)CCCCC1)c1sccc1Br. The van der Waals surface area contributed by atoms with E-state index in [4.69, 9.17) is 0 Å². The van der Waals surface area contributed by atoms with Crippen LogP contribution >= 0.6 is 27.3 Å². The summed E-state index contributed by atoms with van der Waals surface area (Å²) in [6, 6.07) is 2.45. The molecule has 1 unspecified atom stereocenters. The number of aliphatic hydroxyl groups is 1. The van der Waals surface area contributed by atoms with Crippen molar-refractivity contribution in [2.24, 2.45) is 5.41 Å². The normalized spacial score (nSPS) is 20.8. The lowest BCUT2D eigenvalue weighted by Gasteiger charge is -2.36. The van der Waals surface area contributed by atoms with Gasteiger partial charge in [-0.15, -0.1) is 11.3 Å². The molecule has 2 N–H and O–H groups in total. The number of hydrogen-bond donors (Lipinski definition) is 2. The summed E-state index contributed by atoms with van der Waals surface area (Å²) in [6.45, 7) is 3.44. The summed E-state index contributed by atoms with van der Waals surface area (Å²) in [5.41, 5.74) is 0.121. The maximum absolute atomic E-state index is 9.69. The van der Waals surface area contributed by atoms with Gasteiger partial charge in [0.1, 0.15) is 0 Å². The quantitative estimate of drug-likeness (QED) is 0.851. The molecule has 1 saturated carbocycles. The van der Waals surface area contributed by atoms with Crippen molar-refractivity contribution in [3.8, 4) is 0 Å². The molecular weight excluding hydrogens is 310 g/mol. The fourth-order valence-electron chi connectivity index (χ4n) is 2.77. The molecule has 1 heterocycles. The number of nitrogens with one attached hydrogen (secondary N) is 1. The van der Waals surface area contributed by atoms with Gasteiger partial charge in [0.15, 0.2) is 0 Å². The highest BCUT2D eigenvalue weighted by Gasteiger charge is 2.31. The van der Waals surface area contributed by atoms with Gasteiger partial charge in [-0.1, -0.05) is 19.3 Å². The van der Waals surface area contributed by atoms with E-state index in [1.54, 1.807) is 11.3 Å². The highest BCUT2D eigenvalue weighted by molar-refractivity contribution is 9.10. The summed E-state index contributed by atoms with van der Waals surface area (Å²) < 4.78 is 1.19. The first-order chi connectivity index (χ1) is 8.67. The minimum Gasteiger partial charge on any atom is -0.396 e. The predicted octanol–water partition coefficient (Wildman–Crippen LogP) is 4.10. The van der Waals surface area contributed by atoms with E-state index in [0.717, 1.165) is 19.4 Å². The first-order valence-corrected chi connectivity index (χ1v) is 8.41. The van der Waals surface area contributed by atoms with Crippen LogP contribution < -0.4 is 5.32 Å². The molecule has 0 saturated heterocycles. The third-order valence-electron chi connectivity index (χ3n) is 4.07. The molecule has 0 amide bonds. The molecule has 1 aromatic heterocycles. The largest absolute Gasteiger partial charge is 0.396 e. The number of rotatable bonds is 5. The molecule has 102 valence electrons. The molecule has 2 rings (SSSR count). The van der Waals surface area contributed by atoms with Gasteiger partial charge in [-0.05, 0) is 47.1 Å². The predicted molar refractivity (Wildman–Crippen MR) is 81.0 cm³/mol. The van der Waals surface area contributed by atoms with Crippen molar-refractivity contribution in [1.82, 2.24) is 5.32 Å². The molecular formula is C14H22BrNOS. The Kier molecular flexibility index (Phi) is 5.24. The van der Waals surface area contributed by atoms with E-state index in [2.05, 4.69) is 39.6 Å². The molecule has 1 atom stereocenters. The molecule has 18 heavy (non-hydrogen) atoms. The Bertz CT molecular complexity index is 374. The maximum atomic E-state index is 9.69. The summed E-state index contributed by atoms with van der Waals surface area (Å²) >= 11 is 5.36. The second-order valence-electron chi connectivity index (χ2n) is 5.45. The van der Waals surface area contributed by atoms with Crippen LogP contribution in [-0.2, 0) is 0 Å². The van der Waals surface area contributed by atoms with Crippen LogP contribution in [0.4, 0.5) is 0 Å². The van der Waals surface area contributed by atoms with E-state index in [1.807, 2.05) is 0 Å². The summed E-state index contributed by atoms with van der Waals surface area (Å²) in [4.78, 5) is 1.35. The minimum absolute atomic E-state index is 0.121. The molecule has 0 aliphatic heterocycles. The highest BCUT2D eigenvalue weighted by atomic mass is 79.9. The average Bonchev–Trinajstić information content (AvgIpc) is 2.83. The first-order valence-electron chi connectivity index (χ1n) is 6.74. The summed E-state index contributed by atoms with van der Waals surface area (Å²) in [7, 11) is 0. The van der Waals surface area contributed by atoms with Crippen LogP contribution in [0.1, 0.15) is 49.9 Å². The van der Waals surface area contributed by atoms with Crippen LogP contribution in [0.2, 0.25) is 0 Å². The van der Waals surface area contributed by atoms with Crippen molar-refractivity contribution in [1.29, 1.82) is 0 Å². The van der Waals surface area contributed by atoms with Crippen LogP contribution in [0.25, 0.3) is 0 Å². The Morgan fingerprint density at radius 3 is 2.72 bits per heavy atom. The number of thiophene rings is 1. The lowest BCUT2D eigenvalue weighted by Crippen LogP contribution is -2.39. The standard InChI is InChI=1S/C14H22BrNOS/c1-11(13-12(15)5-8-18-13)16-9-14(10-17)6-3-2-4-7-14/h5,8,11,16-17H,2-4,6-7,9-10H2,1H3. The highest BCUT2D eigenvalue weighted by Crippen LogP contribution is 2.36. The maximum Gasteiger partial charge on any atom is 0.0499 e. The topological polar surface area (TPSA) is 32.3 Å². The number of hydrogen-bond acceptors (Lipinski definition) is 3. The van der Waals surface area contributed by atoms with Gasteiger partial charge < -0.3 is 10.4 Å². The smallest absolute Gasteiger partial charge is 0.0499 e. The van der Waals surface area contributed by atoms with E-state index < -0.39 is 0 Å². The van der Waals surface area contributed by atoms with Gasteiger partial charge in [-0.25, -0.2) is 0 Å². The van der Waals surface area contributed by atoms with Gasteiger partial charge in [-0.2, -0.15) is 0 Å². The van der Waals surface area contributed by atoms with Gasteiger partial charge in [0, 0.05) is 34.0 Å². The van der Waals surface area contributed by atoms with Gasteiger partial charge in [-0.3, -0.25) is 0 Å². The third-order valence-corrected chi connectivity index (χ3v) is 6.12. The number of aliphatic hydroxyl groups excluding tert-OH is 1. The molecule has 2 nitrogen and oxygen atoms in total. The van der Waals surface area contributed by atoms with E-state index in [1.165, 1.54) is 28.6 Å². The average molecular weight is 332 g/mol. The van der Waals surface area contributed by atoms with Gasteiger partial charge >= 0.3 is 0 Å². The van der Waals surface area contributed by atoms with Gasteiger partial charge in [0.2, 0.25) is 0 Å². The van der Waals surface area contributed by atoms with Gasteiger partial charge in [0.25, 0.3) is 0 Å². The van der Waals surface area contributed by atoms with E-state index in [0.29, 0.717) is 12.6 Å². The van der Waals surface area contributed by atoms with Crippen molar-refractivity contribution in [3.05, 3.63) is 20.8 Å². The zero-order chi connectivity index (χ0) is 13.0. The van der Waals surface area contributed by atoms with E-state index in [9.17, 15) is 5.11 Å². The Hall–Kier alpha value is 0.100. The van der Waals surface area contributed by atoms with Gasteiger partial charge in [0.05, 0.1) is 0 Å². The van der Waals surface area contributed by atoms with Crippen LogP contribution in [-0.4, -0.2) is 18.3 Å². The third kappa shape index (κ3) is 3.35. The fraction of sp³-hybridized carbons (Fsp3) is 0.714. The molecule has 0 spiro atoms.